The second kappa shape index (κ2) is 7.91. The number of hydrogen-bond acceptors (Lipinski definition) is 6. The van der Waals surface area contributed by atoms with Crippen LogP contribution in [-0.4, -0.2) is 42.0 Å². The van der Waals surface area contributed by atoms with Gasteiger partial charge in [-0.2, -0.15) is 0 Å². The van der Waals surface area contributed by atoms with Crippen molar-refractivity contribution < 1.29 is 19.2 Å². The Morgan fingerprint density at radius 2 is 1.86 bits per heavy atom. The molecule has 1 amide bonds. The van der Waals surface area contributed by atoms with Gasteiger partial charge in [0.2, 0.25) is 5.75 Å². The first-order valence-corrected chi connectivity index (χ1v) is 8.45. The van der Waals surface area contributed by atoms with Crippen molar-refractivity contribution in [2.24, 2.45) is 0 Å². The molecule has 0 unspecified atom stereocenters. The van der Waals surface area contributed by atoms with Crippen LogP contribution in [0, 0.1) is 10.1 Å². The number of carbonyl (C=O) groups is 1. The van der Waals surface area contributed by atoms with Crippen molar-refractivity contribution in [2.45, 2.75) is 6.54 Å². The lowest BCUT2D eigenvalue weighted by molar-refractivity contribution is -0.384. The van der Waals surface area contributed by atoms with E-state index < -0.39 is 4.92 Å². The van der Waals surface area contributed by atoms with Crippen LogP contribution < -0.4 is 9.47 Å². The number of aromatic nitrogens is 1. The summed E-state index contributed by atoms with van der Waals surface area (Å²) in [4.78, 5) is 29.8. The second-order valence-corrected chi connectivity index (χ2v) is 6.12. The Kier molecular flexibility index (Phi) is 5.39. The SMILES string of the molecule is COc1cc2c(C(=O)N(C)Cc3ccccc3)nccc2c([N+](=O)[O-])c1OC. The van der Waals surface area contributed by atoms with Crippen LogP contribution in [0.1, 0.15) is 16.1 Å². The molecular weight excluding hydrogens is 362 g/mol. The molecule has 0 fully saturated rings. The minimum absolute atomic E-state index is 0.00207. The van der Waals surface area contributed by atoms with Gasteiger partial charge in [-0.25, -0.2) is 0 Å². The zero-order valence-electron chi connectivity index (χ0n) is 15.7. The molecule has 0 bridgehead atoms. The van der Waals surface area contributed by atoms with Gasteiger partial charge in [0.25, 0.3) is 5.91 Å². The summed E-state index contributed by atoms with van der Waals surface area (Å²) < 4.78 is 10.4. The molecule has 0 saturated heterocycles. The lowest BCUT2D eigenvalue weighted by atomic mass is 10.1. The number of fused-ring (bicyclic) bond motifs is 1. The highest BCUT2D eigenvalue weighted by Gasteiger charge is 2.28. The largest absolute Gasteiger partial charge is 0.493 e. The molecule has 2 aromatic carbocycles. The van der Waals surface area contributed by atoms with E-state index in [0.717, 1.165) is 5.56 Å². The molecule has 8 nitrogen and oxygen atoms in total. The molecule has 0 aliphatic carbocycles. The summed E-state index contributed by atoms with van der Waals surface area (Å²) in [5.74, 6) is -0.187. The number of nitro groups is 1. The second-order valence-electron chi connectivity index (χ2n) is 6.12. The quantitative estimate of drug-likeness (QED) is 0.479. The number of carbonyl (C=O) groups excluding carboxylic acids is 1. The van der Waals surface area contributed by atoms with Crippen molar-refractivity contribution >= 4 is 22.4 Å². The van der Waals surface area contributed by atoms with Crippen LogP contribution in [0.3, 0.4) is 0 Å². The third-order valence-electron chi connectivity index (χ3n) is 4.38. The molecule has 0 saturated carbocycles. The minimum atomic E-state index is -0.550. The van der Waals surface area contributed by atoms with Gasteiger partial charge in [-0.3, -0.25) is 19.9 Å². The van der Waals surface area contributed by atoms with Crippen molar-refractivity contribution in [1.29, 1.82) is 0 Å². The predicted octanol–water partition coefficient (Wildman–Crippen LogP) is 3.43. The van der Waals surface area contributed by atoms with E-state index in [4.69, 9.17) is 9.47 Å². The van der Waals surface area contributed by atoms with E-state index in [1.165, 1.54) is 37.4 Å². The third kappa shape index (κ3) is 3.44. The topological polar surface area (TPSA) is 94.8 Å². The Hall–Kier alpha value is -3.68. The fourth-order valence-electron chi connectivity index (χ4n) is 3.07. The molecule has 3 rings (SSSR count). The number of nitro benzene ring substituents is 1. The smallest absolute Gasteiger partial charge is 0.322 e. The van der Waals surface area contributed by atoms with Crippen molar-refractivity contribution in [1.82, 2.24) is 9.88 Å². The number of methoxy groups -OCH3 is 2. The molecule has 1 aromatic heterocycles. The number of benzene rings is 2. The maximum Gasteiger partial charge on any atom is 0.322 e. The number of nitrogens with zero attached hydrogens (tertiary/aromatic N) is 3. The van der Waals surface area contributed by atoms with Gasteiger partial charge in [-0.1, -0.05) is 30.3 Å². The predicted molar refractivity (Wildman–Crippen MR) is 104 cm³/mol. The number of amides is 1. The Morgan fingerprint density at radius 3 is 2.46 bits per heavy atom. The van der Waals surface area contributed by atoms with Crippen molar-refractivity contribution in [2.75, 3.05) is 21.3 Å². The van der Waals surface area contributed by atoms with Gasteiger partial charge in [0.1, 0.15) is 5.69 Å². The molecular formula is C20H19N3O5. The molecule has 8 heteroatoms. The third-order valence-corrected chi connectivity index (χ3v) is 4.38. The van der Waals surface area contributed by atoms with Gasteiger partial charge in [-0.15, -0.1) is 0 Å². The standard InChI is InChI=1S/C20H19N3O5/c1-22(12-13-7-5-4-6-8-13)20(24)17-15-11-16(27-2)19(28-3)18(23(25)26)14(15)9-10-21-17/h4-11H,12H2,1-3H3. The number of pyridine rings is 1. The Labute approximate surface area is 161 Å². The number of ether oxygens (including phenoxy) is 2. The maximum absolute atomic E-state index is 13.0. The zero-order valence-corrected chi connectivity index (χ0v) is 15.7. The van der Waals surface area contributed by atoms with E-state index in [1.54, 1.807) is 7.05 Å². The van der Waals surface area contributed by atoms with Gasteiger partial charge >= 0.3 is 5.69 Å². The van der Waals surface area contributed by atoms with E-state index in [0.29, 0.717) is 11.9 Å². The van der Waals surface area contributed by atoms with Crippen LogP contribution in [-0.2, 0) is 6.54 Å². The van der Waals surface area contributed by atoms with E-state index in [1.807, 2.05) is 30.3 Å². The van der Waals surface area contributed by atoms with Crippen LogP contribution in [0.2, 0.25) is 0 Å². The molecule has 0 atom stereocenters. The molecule has 0 radical (unpaired) electrons. The highest BCUT2D eigenvalue weighted by molar-refractivity contribution is 6.09. The van der Waals surface area contributed by atoms with Crippen LogP contribution >= 0.6 is 0 Å². The van der Waals surface area contributed by atoms with Gasteiger partial charge in [0, 0.05) is 25.2 Å². The summed E-state index contributed by atoms with van der Waals surface area (Å²) in [6.07, 6.45) is 1.38. The molecule has 144 valence electrons. The fraction of sp³-hybridized carbons (Fsp3) is 0.200. The average Bonchev–Trinajstić information content (AvgIpc) is 2.71. The first kappa shape index (κ1) is 19.1. The van der Waals surface area contributed by atoms with Crippen LogP contribution in [0.4, 0.5) is 5.69 Å². The molecule has 28 heavy (non-hydrogen) atoms. The summed E-state index contributed by atoms with van der Waals surface area (Å²) in [6, 6.07) is 12.5. The zero-order chi connectivity index (χ0) is 20.3. The molecule has 0 aliphatic rings. The first-order chi connectivity index (χ1) is 13.5. The average molecular weight is 381 g/mol. The summed E-state index contributed by atoms with van der Waals surface area (Å²) in [6.45, 7) is 0.382. The lowest BCUT2D eigenvalue weighted by Gasteiger charge is -2.18. The minimum Gasteiger partial charge on any atom is -0.493 e. The van der Waals surface area contributed by atoms with Crippen LogP contribution in [0.25, 0.3) is 10.8 Å². The van der Waals surface area contributed by atoms with E-state index in [9.17, 15) is 14.9 Å². The summed E-state index contributed by atoms with van der Waals surface area (Å²) >= 11 is 0. The molecule has 0 aliphatic heterocycles. The Bertz CT molecular complexity index is 1040. The molecule has 1 heterocycles. The van der Waals surface area contributed by atoms with Gasteiger partial charge in [0.05, 0.1) is 24.5 Å². The van der Waals surface area contributed by atoms with Gasteiger partial charge in [-0.05, 0) is 17.7 Å². The van der Waals surface area contributed by atoms with Crippen LogP contribution in [0.15, 0.2) is 48.7 Å². The van der Waals surface area contributed by atoms with Gasteiger partial charge < -0.3 is 14.4 Å². The molecule has 3 aromatic rings. The maximum atomic E-state index is 13.0. The van der Waals surface area contributed by atoms with Gasteiger partial charge in [0.15, 0.2) is 5.75 Å². The first-order valence-electron chi connectivity index (χ1n) is 8.45. The normalized spacial score (nSPS) is 10.5. The lowest BCUT2D eigenvalue weighted by Crippen LogP contribution is -2.27. The molecule has 0 N–H and O–H groups in total. The Morgan fingerprint density at radius 1 is 1.14 bits per heavy atom. The number of rotatable bonds is 6. The van der Waals surface area contributed by atoms with E-state index >= 15 is 0 Å². The summed E-state index contributed by atoms with van der Waals surface area (Å²) in [7, 11) is 4.37. The fourth-order valence-corrected chi connectivity index (χ4v) is 3.07. The summed E-state index contributed by atoms with van der Waals surface area (Å²) in [5, 5.41) is 12.3. The van der Waals surface area contributed by atoms with E-state index in [-0.39, 0.29) is 34.2 Å². The van der Waals surface area contributed by atoms with Crippen molar-refractivity contribution in [3.05, 3.63) is 70.0 Å². The van der Waals surface area contributed by atoms with E-state index in [2.05, 4.69) is 4.98 Å². The van der Waals surface area contributed by atoms with Crippen molar-refractivity contribution in [3.63, 3.8) is 0 Å². The summed E-state index contributed by atoms with van der Waals surface area (Å²) in [5.41, 5.74) is 0.808. The highest BCUT2D eigenvalue weighted by atomic mass is 16.6. The molecule has 0 spiro atoms. The number of hydrogen-bond donors (Lipinski definition) is 0. The monoisotopic (exact) mass is 381 g/mol. The Balaban J connectivity index is 2.12. The highest BCUT2D eigenvalue weighted by Crippen LogP contribution is 2.43. The van der Waals surface area contributed by atoms with Crippen molar-refractivity contribution in [3.8, 4) is 11.5 Å². The van der Waals surface area contributed by atoms with Crippen LogP contribution in [0.5, 0.6) is 11.5 Å².